The minimum absolute atomic E-state index is 0.411. The van der Waals surface area contributed by atoms with Crippen molar-refractivity contribution in [2.45, 2.75) is 10.8 Å². The third-order valence-electron chi connectivity index (χ3n) is 16.9. The molecule has 0 amide bonds. The molecule has 0 radical (unpaired) electrons. The van der Waals surface area contributed by atoms with Crippen molar-refractivity contribution in [3.8, 4) is 22.3 Å². The van der Waals surface area contributed by atoms with Gasteiger partial charge >= 0.3 is 0 Å². The molecule has 2 heteroatoms. The maximum atomic E-state index is 2.43. The number of hydrogen-bond donors (Lipinski definition) is 0. The Morgan fingerprint density at radius 3 is 1.35 bits per heavy atom. The van der Waals surface area contributed by atoms with E-state index in [1.165, 1.54) is 132 Å². The highest BCUT2D eigenvalue weighted by Crippen LogP contribution is 2.62. The van der Waals surface area contributed by atoms with E-state index in [4.69, 9.17) is 0 Å². The third-order valence-corrected chi connectivity index (χ3v) is 16.9. The molecular formula is C72H50N2. The summed E-state index contributed by atoms with van der Waals surface area (Å²) in [7, 11) is 4.48. The minimum atomic E-state index is -0.432. The molecule has 0 spiro atoms. The number of rotatable bonds is 4. The van der Waals surface area contributed by atoms with Gasteiger partial charge in [0.25, 0.3) is 0 Å². The van der Waals surface area contributed by atoms with E-state index in [9.17, 15) is 0 Å². The maximum Gasteiger partial charge on any atom is 0.0734 e. The molecule has 14 aromatic rings. The molecule has 2 aliphatic carbocycles. The molecule has 0 aliphatic heterocycles. The lowest BCUT2D eigenvalue weighted by Gasteiger charge is -2.34. The molecule has 2 nitrogen and oxygen atoms in total. The van der Waals surface area contributed by atoms with Crippen molar-refractivity contribution in [1.82, 2.24) is 9.13 Å². The van der Waals surface area contributed by atoms with Crippen LogP contribution in [0.5, 0.6) is 0 Å². The van der Waals surface area contributed by atoms with E-state index in [1.54, 1.807) is 0 Å². The summed E-state index contributed by atoms with van der Waals surface area (Å²) in [6.45, 7) is 0. The second kappa shape index (κ2) is 16.1. The van der Waals surface area contributed by atoms with Crippen molar-refractivity contribution < 1.29 is 0 Å². The highest BCUT2D eigenvalue weighted by atomic mass is 15.0. The average Bonchev–Trinajstić information content (AvgIpc) is 4.20. The van der Waals surface area contributed by atoms with Crippen LogP contribution in [0.25, 0.3) is 87.4 Å². The summed E-state index contributed by atoms with van der Waals surface area (Å²) in [6.07, 6.45) is 0. The Morgan fingerprint density at radius 2 is 0.730 bits per heavy atom. The van der Waals surface area contributed by atoms with E-state index in [1.807, 2.05) is 0 Å². The lowest BCUT2D eigenvalue weighted by atomic mass is 9.67. The van der Waals surface area contributed by atoms with Crippen LogP contribution in [0.15, 0.2) is 267 Å². The predicted octanol–water partition coefficient (Wildman–Crippen LogP) is 17.7. The van der Waals surface area contributed by atoms with Gasteiger partial charge in [0, 0.05) is 57.8 Å². The topological polar surface area (TPSA) is 9.86 Å². The Hall–Kier alpha value is -9.24. The molecule has 0 N–H and O–H groups in total. The second-order valence-corrected chi connectivity index (χ2v) is 20.3. The summed E-state index contributed by atoms with van der Waals surface area (Å²) < 4.78 is 4.87. The molecule has 2 heterocycles. The molecule has 74 heavy (non-hydrogen) atoms. The number of benzene rings is 12. The summed E-state index contributed by atoms with van der Waals surface area (Å²) in [4.78, 5) is 0. The average molecular weight is 943 g/mol. The van der Waals surface area contributed by atoms with Gasteiger partial charge in [-0.15, -0.1) is 0 Å². The molecule has 0 atom stereocenters. The zero-order chi connectivity index (χ0) is 49.1. The zero-order valence-electron chi connectivity index (χ0n) is 41.3. The van der Waals surface area contributed by atoms with Gasteiger partial charge in [-0.2, -0.15) is 0 Å². The number of fused-ring (bicyclic) bond motifs is 19. The largest absolute Gasteiger partial charge is 0.343 e. The molecule has 2 aromatic heterocycles. The van der Waals surface area contributed by atoms with Crippen LogP contribution in [0.1, 0.15) is 44.5 Å². The van der Waals surface area contributed by atoms with Gasteiger partial charge in [-0.1, -0.05) is 255 Å². The van der Waals surface area contributed by atoms with E-state index in [2.05, 4.69) is 290 Å². The highest BCUT2D eigenvalue weighted by Gasteiger charge is 2.50. The Morgan fingerprint density at radius 1 is 0.270 bits per heavy atom. The van der Waals surface area contributed by atoms with Crippen LogP contribution in [-0.4, -0.2) is 9.13 Å². The van der Waals surface area contributed by atoms with E-state index >= 15 is 0 Å². The fourth-order valence-electron chi connectivity index (χ4n) is 14.1. The van der Waals surface area contributed by atoms with Crippen LogP contribution in [-0.2, 0) is 24.9 Å². The molecule has 0 saturated heterocycles. The minimum Gasteiger partial charge on any atom is -0.343 e. The van der Waals surface area contributed by atoms with E-state index in [-0.39, 0.29) is 0 Å². The van der Waals surface area contributed by atoms with Gasteiger partial charge in [0.05, 0.1) is 21.9 Å². The van der Waals surface area contributed by atoms with Crippen molar-refractivity contribution in [1.29, 1.82) is 0 Å². The molecule has 0 fully saturated rings. The number of nitrogens with zero attached hydrogens (tertiary/aromatic N) is 2. The smallest absolute Gasteiger partial charge is 0.0734 e. The van der Waals surface area contributed by atoms with Crippen molar-refractivity contribution in [2.24, 2.45) is 14.1 Å². The summed E-state index contributed by atoms with van der Waals surface area (Å²) in [5.41, 5.74) is 20.3. The lowest BCUT2D eigenvalue weighted by molar-refractivity contribution is 0.769. The molecule has 0 saturated carbocycles. The molecule has 348 valence electrons. The Kier molecular flexibility index (Phi) is 9.25. The van der Waals surface area contributed by atoms with Gasteiger partial charge < -0.3 is 9.13 Å². The quantitative estimate of drug-likeness (QED) is 0.166. The van der Waals surface area contributed by atoms with Crippen LogP contribution >= 0.6 is 0 Å². The van der Waals surface area contributed by atoms with Crippen molar-refractivity contribution >= 4 is 65.2 Å². The van der Waals surface area contributed by atoms with Gasteiger partial charge in [0.2, 0.25) is 0 Å². The number of aryl methyl sites for hydroxylation is 2. The molecule has 2 aliphatic rings. The fourth-order valence-corrected chi connectivity index (χ4v) is 14.1. The Labute approximate surface area is 430 Å². The highest BCUT2D eigenvalue weighted by molar-refractivity contribution is 6.27. The van der Waals surface area contributed by atoms with Crippen LogP contribution in [0.4, 0.5) is 0 Å². The first-order valence-corrected chi connectivity index (χ1v) is 25.9. The third kappa shape index (κ3) is 5.55. The van der Waals surface area contributed by atoms with Crippen molar-refractivity contribution in [2.75, 3.05) is 0 Å². The summed E-state index contributed by atoms with van der Waals surface area (Å²) >= 11 is 0. The Balaban J connectivity index is 0.000000131. The SMILES string of the molecule is Cn1c2ccc3ccccc3c2c2ccc3c(c21)C(c1ccccc1)(c1ccccc1)c1ccccc1-3.Cn1c2ccccc2c2c3ccccc3c3c(c21)C(c1ccccc1)(c1ccccc1)c1ccccc1-3. The second-order valence-electron chi connectivity index (χ2n) is 20.3. The monoisotopic (exact) mass is 942 g/mol. The molecule has 0 bridgehead atoms. The first-order valence-electron chi connectivity index (χ1n) is 25.9. The van der Waals surface area contributed by atoms with Gasteiger partial charge in [-0.05, 0) is 89.3 Å². The summed E-state index contributed by atoms with van der Waals surface area (Å²) in [6, 6.07) is 98.3. The van der Waals surface area contributed by atoms with Crippen LogP contribution < -0.4 is 0 Å². The molecule has 0 unspecified atom stereocenters. The first kappa shape index (κ1) is 42.4. The fraction of sp³-hybridized carbons (Fsp3) is 0.0556. The van der Waals surface area contributed by atoms with Crippen LogP contribution in [0.3, 0.4) is 0 Å². The van der Waals surface area contributed by atoms with E-state index in [0.717, 1.165) is 0 Å². The normalized spacial score (nSPS) is 13.8. The van der Waals surface area contributed by atoms with Gasteiger partial charge in [0.15, 0.2) is 0 Å². The van der Waals surface area contributed by atoms with Crippen LogP contribution in [0.2, 0.25) is 0 Å². The van der Waals surface area contributed by atoms with Crippen molar-refractivity contribution in [3.63, 3.8) is 0 Å². The maximum absolute atomic E-state index is 2.43. The summed E-state index contributed by atoms with van der Waals surface area (Å²) in [5, 5.41) is 10.5. The molecule has 16 rings (SSSR count). The van der Waals surface area contributed by atoms with E-state index in [0.29, 0.717) is 0 Å². The first-order chi connectivity index (χ1) is 36.6. The van der Waals surface area contributed by atoms with Gasteiger partial charge in [-0.3, -0.25) is 0 Å². The Bertz CT molecular complexity index is 4460. The standard InChI is InChI=1S/2C36H25N/c1-37-31-23-13-11-21-29(31)33-27-19-9-8-18-26(27)32-28-20-10-12-22-30(28)36(34(32)35(33)37,24-14-4-2-5-15-24)25-16-6-3-7-17-25;1-37-32-23-20-24-12-8-9-17-27(24)33(32)30-22-21-29-28-18-10-11-19-31(28)36(34(29)35(30)37,25-13-4-2-5-14-25)26-15-6-3-7-16-26/h2*2-23H,1H3. The molecule has 12 aromatic carbocycles. The van der Waals surface area contributed by atoms with Crippen LogP contribution in [0, 0.1) is 0 Å². The number of para-hydroxylation sites is 1. The summed E-state index contributed by atoms with van der Waals surface area (Å²) in [5.74, 6) is 0. The lowest BCUT2D eigenvalue weighted by Crippen LogP contribution is -2.29. The van der Waals surface area contributed by atoms with E-state index < -0.39 is 10.8 Å². The zero-order valence-corrected chi connectivity index (χ0v) is 41.3. The number of aromatic nitrogens is 2. The van der Waals surface area contributed by atoms with Gasteiger partial charge in [0.1, 0.15) is 0 Å². The molecular weight excluding hydrogens is 893 g/mol. The van der Waals surface area contributed by atoms with Gasteiger partial charge in [-0.25, -0.2) is 0 Å². The predicted molar refractivity (Wildman–Crippen MR) is 310 cm³/mol. The van der Waals surface area contributed by atoms with Crippen molar-refractivity contribution in [3.05, 3.63) is 311 Å². The number of hydrogen-bond acceptors (Lipinski definition) is 0.